The zero-order chi connectivity index (χ0) is 15.1. The third kappa shape index (κ3) is 6.12. The third-order valence-corrected chi connectivity index (χ3v) is 2.80. The molecular weight excluding hydrogens is 345 g/mol. The molecule has 4 nitrogen and oxygen atoms in total. The number of rotatable bonds is 3. The molecule has 0 radical (unpaired) electrons. The van der Waals surface area contributed by atoms with Crippen molar-refractivity contribution >= 4 is 45.2 Å². The fourth-order valence-electron chi connectivity index (χ4n) is 1.27. The molecule has 0 saturated carbocycles. The minimum atomic E-state index is -0.433. The summed E-state index contributed by atoms with van der Waals surface area (Å²) < 4.78 is 14.2. The molecule has 0 bridgehead atoms. The molecule has 0 unspecified atom stereocenters. The predicted molar refractivity (Wildman–Crippen MR) is 85.3 cm³/mol. The highest BCUT2D eigenvalue weighted by molar-refractivity contribution is 9.10. The summed E-state index contributed by atoms with van der Waals surface area (Å²) in [6.45, 7) is 3.84. The molecule has 0 saturated heterocycles. The Labute approximate surface area is 130 Å². The summed E-state index contributed by atoms with van der Waals surface area (Å²) in [5, 5.41) is 3.22. The van der Waals surface area contributed by atoms with Crippen molar-refractivity contribution in [2.75, 3.05) is 0 Å². The van der Waals surface area contributed by atoms with Crippen LogP contribution in [0.4, 0.5) is 4.39 Å². The Hall–Kier alpha value is -1.47. The van der Waals surface area contributed by atoms with Crippen LogP contribution in [0.5, 0.6) is 0 Å². The average Bonchev–Trinajstić information content (AvgIpc) is 2.36. The van der Waals surface area contributed by atoms with Crippen molar-refractivity contribution in [2.45, 2.75) is 19.9 Å². The van der Waals surface area contributed by atoms with Gasteiger partial charge in [-0.05, 0) is 50.3 Å². The van der Waals surface area contributed by atoms with Gasteiger partial charge in [0, 0.05) is 22.2 Å². The summed E-state index contributed by atoms with van der Waals surface area (Å²) in [4.78, 5) is 11.5. The molecule has 0 heterocycles. The van der Waals surface area contributed by atoms with Gasteiger partial charge in [-0.15, -0.1) is 0 Å². The molecule has 0 fully saturated rings. The molecule has 1 aromatic rings. The number of hydrazine groups is 1. The van der Waals surface area contributed by atoms with Gasteiger partial charge < -0.3 is 5.32 Å². The number of hydrogen-bond donors (Lipinski definition) is 3. The highest BCUT2D eigenvalue weighted by atomic mass is 79.9. The number of thiocarbonyl (C=S) groups is 1. The van der Waals surface area contributed by atoms with Gasteiger partial charge in [-0.1, -0.05) is 15.9 Å². The van der Waals surface area contributed by atoms with E-state index in [2.05, 4.69) is 32.1 Å². The van der Waals surface area contributed by atoms with Crippen molar-refractivity contribution in [3.63, 3.8) is 0 Å². The van der Waals surface area contributed by atoms with Gasteiger partial charge in [0.15, 0.2) is 5.11 Å². The standard InChI is InChI=1S/C13H15BrFN3OS/c1-8(2)16-13(20)18-17-12(19)6-3-9-7-10(14)4-5-11(9)15/h3-8H,1-2H3,(H,17,19)(H2,16,18,20)/b6-3+. The zero-order valence-electron chi connectivity index (χ0n) is 11.0. The molecule has 108 valence electrons. The normalized spacial score (nSPS) is 10.7. The number of halogens is 2. The van der Waals surface area contributed by atoms with Gasteiger partial charge >= 0.3 is 0 Å². The van der Waals surface area contributed by atoms with Crippen LogP contribution in [0, 0.1) is 5.82 Å². The zero-order valence-corrected chi connectivity index (χ0v) is 13.4. The summed E-state index contributed by atoms with van der Waals surface area (Å²) in [6.07, 6.45) is 2.60. The van der Waals surface area contributed by atoms with Crippen LogP contribution in [0.3, 0.4) is 0 Å². The molecular formula is C13H15BrFN3OS. The summed E-state index contributed by atoms with van der Waals surface area (Å²) in [6, 6.07) is 4.65. The highest BCUT2D eigenvalue weighted by Gasteiger charge is 2.02. The van der Waals surface area contributed by atoms with Crippen molar-refractivity contribution < 1.29 is 9.18 Å². The largest absolute Gasteiger partial charge is 0.359 e. The lowest BCUT2D eigenvalue weighted by molar-refractivity contribution is -0.116. The second-order valence-corrected chi connectivity index (χ2v) is 5.57. The summed E-state index contributed by atoms with van der Waals surface area (Å²) in [5.41, 5.74) is 5.24. The molecule has 1 rings (SSSR count). The molecule has 0 aliphatic heterocycles. The maximum Gasteiger partial charge on any atom is 0.262 e. The van der Waals surface area contributed by atoms with Gasteiger partial charge in [-0.3, -0.25) is 15.6 Å². The Morgan fingerprint density at radius 2 is 2.10 bits per heavy atom. The Kier molecular flexibility index (Phi) is 6.60. The molecule has 20 heavy (non-hydrogen) atoms. The molecule has 0 atom stereocenters. The van der Waals surface area contributed by atoms with E-state index < -0.39 is 11.7 Å². The SMILES string of the molecule is CC(C)NC(=S)NNC(=O)/C=C/c1cc(Br)ccc1F. The molecule has 0 spiro atoms. The monoisotopic (exact) mass is 359 g/mol. The molecule has 0 aromatic heterocycles. The first kappa shape index (κ1) is 16.6. The lowest BCUT2D eigenvalue weighted by atomic mass is 10.2. The first-order chi connectivity index (χ1) is 9.38. The van der Waals surface area contributed by atoms with Crippen molar-refractivity contribution in [1.82, 2.24) is 16.2 Å². The first-order valence-electron chi connectivity index (χ1n) is 5.88. The number of carbonyl (C=O) groups is 1. The van der Waals surface area contributed by atoms with Crippen LogP contribution in [0.15, 0.2) is 28.7 Å². The van der Waals surface area contributed by atoms with Crippen LogP contribution < -0.4 is 16.2 Å². The molecule has 7 heteroatoms. The predicted octanol–water partition coefficient (Wildman–Crippen LogP) is 2.51. The third-order valence-electron chi connectivity index (χ3n) is 2.09. The van der Waals surface area contributed by atoms with Crippen LogP contribution >= 0.6 is 28.1 Å². The fraction of sp³-hybridized carbons (Fsp3) is 0.231. The van der Waals surface area contributed by atoms with E-state index in [-0.39, 0.29) is 6.04 Å². The molecule has 1 aromatic carbocycles. The number of nitrogens with one attached hydrogen (secondary N) is 3. The first-order valence-corrected chi connectivity index (χ1v) is 7.08. The second-order valence-electron chi connectivity index (χ2n) is 4.24. The fourth-order valence-corrected chi connectivity index (χ4v) is 1.93. The van der Waals surface area contributed by atoms with Crippen molar-refractivity contribution in [1.29, 1.82) is 0 Å². The van der Waals surface area contributed by atoms with Crippen molar-refractivity contribution in [3.8, 4) is 0 Å². The van der Waals surface area contributed by atoms with Gasteiger partial charge in [0.1, 0.15) is 5.82 Å². The van der Waals surface area contributed by atoms with Crippen molar-refractivity contribution in [3.05, 3.63) is 40.1 Å². The number of benzene rings is 1. The lowest BCUT2D eigenvalue weighted by Crippen LogP contribution is -2.48. The summed E-state index contributed by atoms with van der Waals surface area (Å²) in [5.74, 6) is -0.834. The average molecular weight is 360 g/mol. The second kappa shape index (κ2) is 7.96. The van der Waals surface area contributed by atoms with E-state index in [1.54, 1.807) is 12.1 Å². The van der Waals surface area contributed by atoms with Crippen LogP contribution in [0.2, 0.25) is 0 Å². The van der Waals surface area contributed by atoms with Gasteiger partial charge in [0.2, 0.25) is 0 Å². The molecule has 3 N–H and O–H groups in total. The van der Waals surface area contributed by atoms with E-state index >= 15 is 0 Å². The van der Waals surface area contributed by atoms with E-state index in [1.807, 2.05) is 13.8 Å². The quantitative estimate of drug-likeness (QED) is 0.441. The lowest BCUT2D eigenvalue weighted by Gasteiger charge is -2.12. The van der Waals surface area contributed by atoms with Crippen molar-refractivity contribution in [2.24, 2.45) is 0 Å². The van der Waals surface area contributed by atoms with E-state index in [0.29, 0.717) is 10.7 Å². The number of amides is 1. The Balaban J connectivity index is 2.51. The van der Waals surface area contributed by atoms with Gasteiger partial charge in [-0.25, -0.2) is 4.39 Å². The summed E-state index contributed by atoms with van der Waals surface area (Å²) in [7, 11) is 0. The minimum absolute atomic E-state index is 0.165. The Morgan fingerprint density at radius 3 is 2.75 bits per heavy atom. The molecule has 0 aliphatic rings. The maximum absolute atomic E-state index is 13.4. The number of hydrogen-bond acceptors (Lipinski definition) is 2. The van der Waals surface area contributed by atoms with Crippen LogP contribution in [0.25, 0.3) is 6.08 Å². The Bertz CT molecular complexity index is 534. The summed E-state index contributed by atoms with van der Waals surface area (Å²) >= 11 is 8.17. The van der Waals surface area contributed by atoms with E-state index in [1.165, 1.54) is 18.2 Å². The van der Waals surface area contributed by atoms with E-state index in [0.717, 1.165) is 4.47 Å². The van der Waals surface area contributed by atoms with Crippen LogP contribution in [0.1, 0.15) is 19.4 Å². The van der Waals surface area contributed by atoms with E-state index in [4.69, 9.17) is 12.2 Å². The highest BCUT2D eigenvalue weighted by Crippen LogP contribution is 2.16. The van der Waals surface area contributed by atoms with Gasteiger partial charge in [0.25, 0.3) is 5.91 Å². The molecule has 1 amide bonds. The van der Waals surface area contributed by atoms with Crippen LogP contribution in [-0.2, 0) is 4.79 Å². The van der Waals surface area contributed by atoms with Gasteiger partial charge in [-0.2, -0.15) is 0 Å². The Morgan fingerprint density at radius 1 is 1.40 bits per heavy atom. The smallest absolute Gasteiger partial charge is 0.262 e. The topological polar surface area (TPSA) is 53.2 Å². The number of carbonyl (C=O) groups excluding carboxylic acids is 1. The molecule has 0 aliphatic carbocycles. The maximum atomic E-state index is 13.4. The van der Waals surface area contributed by atoms with Crippen LogP contribution in [-0.4, -0.2) is 17.1 Å². The van der Waals surface area contributed by atoms with E-state index in [9.17, 15) is 9.18 Å². The van der Waals surface area contributed by atoms with Gasteiger partial charge in [0.05, 0.1) is 0 Å². The minimum Gasteiger partial charge on any atom is -0.359 e.